The Kier molecular flexibility index (Phi) is 7.03. The molecule has 266 valence electrons. The molecule has 0 N–H and O–H groups in total. The Bertz CT molecular complexity index is 3470. The Morgan fingerprint density at radius 2 is 0.912 bits per heavy atom. The number of thiophene rings is 1. The van der Waals surface area contributed by atoms with E-state index in [4.69, 9.17) is 23.8 Å². The molecule has 0 aliphatic rings. The van der Waals surface area contributed by atoms with E-state index in [0.717, 1.165) is 77.3 Å². The first-order valence-electron chi connectivity index (χ1n) is 18.9. The van der Waals surface area contributed by atoms with E-state index in [2.05, 4.69) is 97.1 Å². The molecule has 0 radical (unpaired) electrons. The van der Waals surface area contributed by atoms with Crippen molar-refractivity contribution in [2.45, 2.75) is 0 Å². The first-order valence-corrected chi connectivity index (χ1v) is 19.7. The predicted molar refractivity (Wildman–Crippen MR) is 234 cm³/mol. The van der Waals surface area contributed by atoms with E-state index >= 15 is 0 Å². The molecule has 12 rings (SSSR count). The molecule has 6 heteroatoms. The minimum Gasteiger partial charge on any atom is -0.455 e. The van der Waals surface area contributed by atoms with Crippen LogP contribution < -0.4 is 0 Å². The molecule has 0 fully saturated rings. The van der Waals surface area contributed by atoms with Crippen LogP contribution in [0.4, 0.5) is 0 Å². The summed E-state index contributed by atoms with van der Waals surface area (Å²) in [4.78, 5) is 14.8. The largest absolute Gasteiger partial charge is 0.455 e. The number of benzene rings is 8. The summed E-state index contributed by atoms with van der Waals surface area (Å²) in [5.41, 5.74) is 10.2. The van der Waals surface area contributed by atoms with Gasteiger partial charge in [0.25, 0.3) is 0 Å². The van der Waals surface area contributed by atoms with Crippen molar-refractivity contribution in [1.82, 2.24) is 15.0 Å². The second-order valence-corrected chi connectivity index (χ2v) is 15.4. The fourth-order valence-electron chi connectivity index (χ4n) is 8.24. The second-order valence-electron chi connectivity index (χ2n) is 14.3. The van der Waals surface area contributed by atoms with Crippen LogP contribution in [0, 0.1) is 0 Å². The molecule has 0 amide bonds. The predicted octanol–water partition coefficient (Wildman–Crippen LogP) is 14.4. The highest BCUT2D eigenvalue weighted by atomic mass is 32.1. The maximum Gasteiger partial charge on any atom is 0.164 e. The summed E-state index contributed by atoms with van der Waals surface area (Å²) in [5.74, 6) is 1.82. The number of nitrogens with zero attached hydrogens (tertiary/aromatic N) is 3. The van der Waals surface area contributed by atoms with Crippen molar-refractivity contribution in [3.63, 3.8) is 0 Å². The molecular weight excluding hydrogens is 719 g/mol. The lowest BCUT2D eigenvalue weighted by atomic mass is 9.94. The summed E-state index contributed by atoms with van der Waals surface area (Å²) in [6, 6.07) is 60.9. The van der Waals surface area contributed by atoms with E-state index in [9.17, 15) is 0 Å². The summed E-state index contributed by atoms with van der Waals surface area (Å²) in [5, 5.41) is 6.76. The molecule has 0 aliphatic carbocycles. The Balaban J connectivity index is 1.06. The molecular formula is C51H29N3O2S. The molecule has 0 spiro atoms. The van der Waals surface area contributed by atoms with Gasteiger partial charge in [0.15, 0.2) is 17.5 Å². The Hall–Kier alpha value is -7.41. The minimum atomic E-state index is 0.581. The van der Waals surface area contributed by atoms with Crippen molar-refractivity contribution in [3.05, 3.63) is 176 Å². The molecule has 4 aromatic heterocycles. The smallest absolute Gasteiger partial charge is 0.164 e. The zero-order valence-electron chi connectivity index (χ0n) is 30.3. The summed E-state index contributed by atoms with van der Waals surface area (Å²) in [6.07, 6.45) is 0. The van der Waals surface area contributed by atoms with Crippen LogP contribution in [-0.2, 0) is 0 Å². The number of furan rings is 2. The normalized spacial score (nSPS) is 11.9. The number of hydrogen-bond acceptors (Lipinski definition) is 6. The molecule has 12 aromatic rings. The van der Waals surface area contributed by atoms with Gasteiger partial charge in [0.05, 0.1) is 0 Å². The first kappa shape index (κ1) is 31.9. The SMILES string of the molecule is c1ccc(-c2nc(-c3ccccc3)nc(-c3ccc4c(c3)oc3c(-c5cc(-c6cccc7c6sc6ccccc67)cc6c5oc5ccccc56)cccc34)n2)cc1. The van der Waals surface area contributed by atoms with Gasteiger partial charge in [-0.3, -0.25) is 0 Å². The van der Waals surface area contributed by atoms with Crippen LogP contribution in [0.25, 0.3) is 120 Å². The van der Waals surface area contributed by atoms with Gasteiger partial charge in [0.2, 0.25) is 0 Å². The number of fused-ring (bicyclic) bond motifs is 9. The highest BCUT2D eigenvalue weighted by Crippen LogP contribution is 2.46. The zero-order valence-corrected chi connectivity index (χ0v) is 31.1. The van der Waals surface area contributed by atoms with Gasteiger partial charge in [-0.2, -0.15) is 0 Å². The molecule has 0 unspecified atom stereocenters. The molecule has 0 bridgehead atoms. The lowest BCUT2D eigenvalue weighted by Gasteiger charge is -2.10. The Labute approximate surface area is 330 Å². The Morgan fingerprint density at radius 1 is 0.333 bits per heavy atom. The van der Waals surface area contributed by atoms with E-state index in [0.29, 0.717) is 17.5 Å². The standard InChI is InChI=1S/C51H29N3O2S/c1-3-13-30(14-4-1)49-52-50(31-15-5-2-6-16-31)54-51(53-49)32-25-26-36-38-20-12-21-39(46(38)56-44(36)29-32)42-28-33(27-41-35-17-7-9-23-43(35)55-47(41)42)34-19-11-22-40-37-18-8-10-24-45(37)57-48(34)40/h1-29H. The number of rotatable bonds is 5. The average Bonchev–Trinajstić information content (AvgIpc) is 3.98. The van der Waals surface area contributed by atoms with E-state index < -0.39 is 0 Å². The third kappa shape index (κ3) is 5.12. The van der Waals surface area contributed by atoms with E-state index in [1.165, 1.54) is 25.7 Å². The highest BCUT2D eigenvalue weighted by Gasteiger charge is 2.21. The quantitative estimate of drug-likeness (QED) is 0.175. The van der Waals surface area contributed by atoms with Gasteiger partial charge in [-0.15, -0.1) is 11.3 Å². The van der Waals surface area contributed by atoms with E-state index in [1.54, 1.807) is 0 Å². The summed E-state index contributed by atoms with van der Waals surface area (Å²) >= 11 is 1.84. The van der Waals surface area contributed by atoms with Crippen molar-refractivity contribution >= 4 is 75.4 Å². The molecule has 0 saturated carbocycles. The van der Waals surface area contributed by atoms with Gasteiger partial charge in [-0.25, -0.2) is 15.0 Å². The lowest BCUT2D eigenvalue weighted by Crippen LogP contribution is -2.00. The van der Waals surface area contributed by atoms with Crippen molar-refractivity contribution in [3.8, 4) is 56.4 Å². The zero-order chi connectivity index (χ0) is 37.5. The maximum absolute atomic E-state index is 6.90. The third-order valence-electron chi connectivity index (χ3n) is 10.9. The second kappa shape index (κ2) is 12.6. The lowest BCUT2D eigenvalue weighted by molar-refractivity contribution is 0.665. The van der Waals surface area contributed by atoms with Crippen LogP contribution in [0.3, 0.4) is 0 Å². The van der Waals surface area contributed by atoms with Gasteiger partial charge < -0.3 is 8.83 Å². The van der Waals surface area contributed by atoms with Gasteiger partial charge in [-0.1, -0.05) is 140 Å². The third-order valence-corrected chi connectivity index (χ3v) is 12.2. The fourth-order valence-corrected chi connectivity index (χ4v) is 9.48. The molecule has 4 heterocycles. The van der Waals surface area contributed by atoms with Gasteiger partial charge >= 0.3 is 0 Å². The van der Waals surface area contributed by atoms with Crippen LogP contribution in [0.1, 0.15) is 0 Å². The van der Waals surface area contributed by atoms with E-state index in [-0.39, 0.29) is 0 Å². The highest BCUT2D eigenvalue weighted by molar-refractivity contribution is 7.26. The molecule has 5 nitrogen and oxygen atoms in total. The van der Waals surface area contributed by atoms with Crippen LogP contribution in [0.5, 0.6) is 0 Å². The number of para-hydroxylation sites is 2. The number of hydrogen-bond donors (Lipinski definition) is 0. The number of aromatic nitrogens is 3. The van der Waals surface area contributed by atoms with Crippen LogP contribution in [0.2, 0.25) is 0 Å². The van der Waals surface area contributed by atoms with Crippen molar-refractivity contribution < 1.29 is 8.83 Å². The van der Waals surface area contributed by atoms with Crippen LogP contribution in [0.15, 0.2) is 185 Å². The van der Waals surface area contributed by atoms with Gasteiger partial charge in [-0.05, 0) is 47.5 Å². The van der Waals surface area contributed by atoms with Crippen LogP contribution in [-0.4, -0.2) is 15.0 Å². The minimum absolute atomic E-state index is 0.581. The fraction of sp³-hybridized carbons (Fsp3) is 0. The molecule has 0 aliphatic heterocycles. The molecule has 0 atom stereocenters. The Morgan fingerprint density at radius 3 is 1.68 bits per heavy atom. The van der Waals surface area contributed by atoms with Gasteiger partial charge in [0.1, 0.15) is 22.3 Å². The summed E-state index contributed by atoms with van der Waals surface area (Å²) in [6.45, 7) is 0. The van der Waals surface area contributed by atoms with Crippen LogP contribution >= 0.6 is 11.3 Å². The summed E-state index contributed by atoms with van der Waals surface area (Å²) < 4.78 is 16.2. The van der Waals surface area contributed by atoms with Crippen molar-refractivity contribution in [2.75, 3.05) is 0 Å². The maximum atomic E-state index is 6.90. The topological polar surface area (TPSA) is 65.0 Å². The molecule has 0 saturated heterocycles. The average molecular weight is 748 g/mol. The van der Waals surface area contributed by atoms with Crippen molar-refractivity contribution in [2.24, 2.45) is 0 Å². The first-order chi connectivity index (χ1) is 28.2. The van der Waals surface area contributed by atoms with Crippen molar-refractivity contribution in [1.29, 1.82) is 0 Å². The molecule has 8 aromatic carbocycles. The summed E-state index contributed by atoms with van der Waals surface area (Å²) in [7, 11) is 0. The van der Waals surface area contributed by atoms with Gasteiger partial charge in [0, 0.05) is 69.5 Å². The molecule has 57 heavy (non-hydrogen) atoms. The monoisotopic (exact) mass is 747 g/mol. The van der Waals surface area contributed by atoms with E-state index in [1.807, 2.05) is 90.2 Å².